The lowest BCUT2D eigenvalue weighted by molar-refractivity contribution is 0.311. The monoisotopic (exact) mass is 501 g/mol. The van der Waals surface area contributed by atoms with Crippen molar-refractivity contribution in [2.75, 3.05) is 50.0 Å². The molecular formula is C19H24IN3O3S. The molecule has 2 aromatic carbocycles. The molecule has 1 fully saturated rings. The summed E-state index contributed by atoms with van der Waals surface area (Å²) in [6.45, 7) is 5.62. The molecule has 0 radical (unpaired) electrons. The molecule has 1 N–H and O–H groups in total. The molecule has 2 aromatic rings. The summed E-state index contributed by atoms with van der Waals surface area (Å²) >= 11 is 2.15. The molecule has 1 saturated heterocycles. The Balaban J connectivity index is 1.88. The fourth-order valence-electron chi connectivity index (χ4n) is 3.00. The number of rotatable bonds is 5. The zero-order chi connectivity index (χ0) is 19.6. The first-order valence-corrected chi connectivity index (χ1v) is 11.3. The highest BCUT2D eigenvalue weighted by atomic mass is 127. The molecule has 6 nitrogen and oxygen atoms in total. The van der Waals surface area contributed by atoms with Crippen molar-refractivity contribution < 1.29 is 13.2 Å². The molecule has 0 spiro atoms. The van der Waals surface area contributed by atoms with Crippen LogP contribution in [-0.4, -0.2) is 53.7 Å². The summed E-state index contributed by atoms with van der Waals surface area (Å²) in [6.07, 6.45) is 0. The second kappa shape index (κ2) is 8.24. The number of halogens is 1. The lowest BCUT2D eigenvalue weighted by atomic mass is 10.2. The third kappa shape index (κ3) is 4.67. The average Bonchev–Trinajstić information content (AvgIpc) is 2.64. The first-order valence-electron chi connectivity index (χ1n) is 8.70. The summed E-state index contributed by atoms with van der Waals surface area (Å²) in [5, 5.41) is 0. The van der Waals surface area contributed by atoms with E-state index in [4.69, 9.17) is 4.74 Å². The second-order valence-electron chi connectivity index (χ2n) is 6.69. The van der Waals surface area contributed by atoms with Gasteiger partial charge in [-0.15, -0.1) is 0 Å². The van der Waals surface area contributed by atoms with E-state index >= 15 is 0 Å². The number of hydrogen-bond donors (Lipinski definition) is 1. The maximum absolute atomic E-state index is 12.8. The van der Waals surface area contributed by atoms with Gasteiger partial charge in [0.15, 0.2) is 0 Å². The maximum atomic E-state index is 12.8. The maximum Gasteiger partial charge on any atom is 0.261 e. The van der Waals surface area contributed by atoms with Gasteiger partial charge in [-0.2, -0.15) is 0 Å². The number of hydrogen-bond acceptors (Lipinski definition) is 5. The molecule has 0 atom stereocenters. The van der Waals surface area contributed by atoms with Gasteiger partial charge in [-0.3, -0.25) is 4.72 Å². The smallest absolute Gasteiger partial charge is 0.261 e. The number of piperazine rings is 1. The molecule has 27 heavy (non-hydrogen) atoms. The van der Waals surface area contributed by atoms with E-state index in [1.807, 2.05) is 25.1 Å². The number of sulfonamides is 1. The first-order chi connectivity index (χ1) is 12.8. The Kier molecular flexibility index (Phi) is 6.17. The Morgan fingerprint density at radius 1 is 1.07 bits per heavy atom. The van der Waals surface area contributed by atoms with E-state index in [2.05, 4.69) is 44.2 Å². The van der Waals surface area contributed by atoms with Crippen molar-refractivity contribution in [2.24, 2.45) is 0 Å². The Labute approximate surface area is 174 Å². The van der Waals surface area contributed by atoms with Crippen LogP contribution in [0.25, 0.3) is 0 Å². The highest BCUT2D eigenvalue weighted by Crippen LogP contribution is 2.33. The minimum Gasteiger partial charge on any atom is -0.495 e. The van der Waals surface area contributed by atoms with Gasteiger partial charge in [0.05, 0.1) is 23.4 Å². The summed E-state index contributed by atoms with van der Waals surface area (Å²) in [5.41, 5.74) is 2.49. The number of nitrogens with zero attached hydrogens (tertiary/aromatic N) is 2. The molecule has 0 saturated carbocycles. The minimum atomic E-state index is -3.65. The summed E-state index contributed by atoms with van der Waals surface area (Å²) in [4.78, 5) is 4.76. The third-order valence-electron chi connectivity index (χ3n) is 4.73. The van der Waals surface area contributed by atoms with Crippen molar-refractivity contribution in [3.8, 4) is 5.75 Å². The second-order valence-corrected chi connectivity index (χ2v) is 9.54. The Hall–Kier alpha value is -1.52. The number of ether oxygens (including phenoxy) is 1. The molecule has 0 aromatic heterocycles. The molecule has 1 aliphatic rings. The molecule has 8 heteroatoms. The SMILES string of the molecule is COc1ccc(NS(=O)(=O)c2ccc(C)c(I)c2)cc1N1CCN(C)CC1. The fraction of sp³-hybridized carbons (Fsp3) is 0.368. The number of methoxy groups -OCH3 is 1. The Morgan fingerprint density at radius 2 is 1.78 bits per heavy atom. The van der Waals surface area contributed by atoms with Crippen molar-refractivity contribution in [2.45, 2.75) is 11.8 Å². The van der Waals surface area contributed by atoms with Gasteiger partial charge >= 0.3 is 0 Å². The highest BCUT2D eigenvalue weighted by Gasteiger charge is 2.20. The molecule has 1 aliphatic heterocycles. The quantitative estimate of drug-likeness (QED) is 0.639. The van der Waals surface area contributed by atoms with Gasteiger partial charge < -0.3 is 14.5 Å². The van der Waals surface area contributed by atoms with Crippen LogP contribution in [0.5, 0.6) is 5.75 Å². The van der Waals surface area contributed by atoms with Crippen LogP contribution >= 0.6 is 22.6 Å². The van der Waals surface area contributed by atoms with Crippen LogP contribution in [0.1, 0.15) is 5.56 Å². The summed E-state index contributed by atoms with van der Waals surface area (Å²) in [6, 6.07) is 10.5. The molecule has 1 heterocycles. The van der Waals surface area contributed by atoms with Crippen molar-refractivity contribution in [3.05, 3.63) is 45.5 Å². The Morgan fingerprint density at radius 3 is 2.41 bits per heavy atom. The lowest BCUT2D eigenvalue weighted by Crippen LogP contribution is -2.44. The van der Waals surface area contributed by atoms with E-state index in [0.29, 0.717) is 5.69 Å². The van der Waals surface area contributed by atoms with Gasteiger partial charge in [0.25, 0.3) is 10.0 Å². The van der Waals surface area contributed by atoms with Crippen LogP contribution in [0.2, 0.25) is 0 Å². The predicted molar refractivity (Wildman–Crippen MR) is 117 cm³/mol. The number of anilines is 2. The molecule has 0 unspecified atom stereocenters. The van der Waals surface area contributed by atoms with Crippen LogP contribution in [0.3, 0.4) is 0 Å². The highest BCUT2D eigenvalue weighted by molar-refractivity contribution is 14.1. The zero-order valence-electron chi connectivity index (χ0n) is 15.7. The minimum absolute atomic E-state index is 0.259. The fourth-order valence-corrected chi connectivity index (χ4v) is 4.80. The van der Waals surface area contributed by atoms with Gasteiger partial charge in [0.2, 0.25) is 0 Å². The van der Waals surface area contributed by atoms with Crippen LogP contribution in [0.4, 0.5) is 11.4 Å². The molecule has 0 aliphatic carbocycles. The number of aryl methyl sites for hydroxylation is 1. The first kappa shape index (κ1) is 20.2. The third-order valence-corrected chi connectivity index (χ3v) is 7.27. The van der Waals surface area contributed by atoms with E-state index in [1.165, 1.54) is 0 Å². The molecule has 3 rings (SSSR count). The van der Waals surface area contributed by atoms with Crippen molar-refractivity contribution in [3.63, 3.8) is 0 Å². The van der Waals surface area contributed by atoms with Crippen LogP contribution in [-0.2, 0) is 10.0 Å². The lowest BCUT2D eigenvalue weighted by Gasteiger charge is -2.35. The number of likely N-dealkylation sites (N-methyl/N-ethyl adjacent to an activating group) is 1. The van der Waals surface area contributed by atoms with E-state index in [9.17, 15) is 8.42 Å². The van der Waals surface area contributed by atoms with Gasteiger partial charge in [0.1, 0.15) is 5.75 Å². The predicted octanol–water partition coefficient (Wildman–Crippen LogP) is 3.16. The van der Waals surface area contributed by atoms with E-state index in [0.717, 1.165) is 46.7 Å². The zero-order valence-corrected chi connectivity index (χ0v) is 18.7. The number of nitrogens with one attached hydrogen (secondary N) is 1. The van der Waals surface area contributed by atoms with Crippen LogP contribution in [0, 0.1) is 10.5 Å². The van der Waals surface area contributed by atoms with E-state index < -0.39 is 10.0 Å². The van der Waals surface area contributed by atoms with Crippen LogP contribution in [0.15, 0.2) is 41.3 Å². The summed E-state index contributed by atoms with van der Waals surface area (Å²) in [5.74, 6) is 0.743. The largest absolute Gasteiger partial charge is 0.495 e. The number of benzene rings is 2. The van der Waals surface area contributed by atoms with Crippen molar-refractivity contribution >= 4 is 44.0 Å². The topological polar surface area (TPSA) is 61.9 Å². The average molecular weight is 501 g/mol. The Bertz CT molecular complexity index is 926. The van der Waals surface area contributed by atoms with E-state index in [1.54, 1.807) is 25.3 Å². The molecule has 0 bridgehead atoms. The molecular weight excluding hydrogens is 477 g/mol. The van der Waals surface area contributed by atoms with Crippen molar-refractivity contribution in [1.82, 2.24) is 4.90 Å². The van der Waals surface area contributed by atoms with Gasteiger partial charge in [-0.05, 0) is 72.5 Å². The summed E-state index contributed by atoms with van der Waals surface area (Å²) < 4.78 is 34.7. The molecule has 0 amide bonds. The molecule has 146 valence electrons. The van der Waals surface area contributed by atoms with Gasteiger partial charge in [0, 0.05) is 29.7 Å². The van der Waals surface area contributed by atoms with E-state index in [-0.39, 0.29) is 4.90 Å². The van der Waals surface area contributed by atoms with Crippen LogP contribution < -0.4 is 14.4 Å². The summed E-state index contributed by atoms with van der Waals surface area (Å²) in [7, 11) is 0.0804. The normalized spacial score (nSPS) is 15.6. The van der Waals surface area contributed by atoms with Gasteiger partial charge in [-0.1, -0.05) is 6.07 Å². The van der Waals surface area contributed by atoms with Crippen molar-refractivity contribution in [1.29, 1.82) is 0 Å². The van der Waals surface area contributed by atoms with Gasteiger partial charge in [-0.25, -0.2) is 8.42 Å². The standard InChI is InChI=1S/C19H24IN3O3S/c1-14-4-6-16(13-17(14)20)27(24,25)21-15-5-7-19(26-3)18(12-15)23-10-8-22(2)9-11-23/h4-7,12-13,21H,8-11H2,1-3H3.